The lowest BCUT2D eigenvalue weighted by Gasteiger charge is -2.17. The van der Waals surface area contributed by atoms with Crippen LogP contribution in [0.3, 0.4) is 0 Å². The van der Waals surface area contributed by atoms with Gasteiger partial charge in [-0.2, -0.15) is 13.2 Å². The molecular weight excluding hydrogens is 269 g/mol. The van der Waals surface area contributed by atoms with E-state index in [-0.39, 0.29) is 0 Å². The fourth-order valence-electron chi connectivity index (χ4n) is 1.43. The third-order valence-electron chi connectivity index (χ3n) is 2.43. The van der Waals surface area contributed by atoms with Crippen molar-refractivity contribution in [2.24, 2.45) is 5.73 Å². The van der Waals surface area contributed by atoms with Gasteiger partial charge in [0.15, 0.2) is 0 Å². The molecule has 1 aromatic rings. The van der Waals surface area contributed by atoms with Crippen LogP contribution in [0.1, 0.15) is 17.2 Å². The lowest BCUT2D eigenvalue weighted by atomic mass is 10.0. The summed E-state index contributed by atoms with van der Waals surface area (Å²) in [6.07, 6.45) is -8.04. The number of hydrogen-bond donors (Lipinski definition) is 3. The van der Waals surface area contributed by atoms with E-state index in [1.54, 1.807) is 0 Å². The lowest BCUT2D eigenvalue weighted by molar-refractivity contribution is -0.385. The summed E-state index contributed by atoms with van der Waals surface area (Å²) in [6.45, 7) is -0.398. The maximum Gasteiger partial charge on any atom is 0.416 e. The van der Waals surface area contributed by atoms with E-state index in [4.69, 9.17) is 5.73 Å². The monoisotopic (exact) mass is 280 g/mol. The first-order valence-corrected chi connectivity index (χ1v) is 5.09. The van der Waals surface area contributed by atoms with Crippen LogP contribution in [-0.2, 0) is 6.18 Å². The van der Waals surface area contributed by atoms with Crippen molar-refractivity contribution >= 4 is 5.69 Å². The van der Waals surface area contributed by atoms with E-state index >= 15 is 0 Å². The Morgan fingerprint density at radius 2 is 1.89 bits per heavy atom. The first-order chi connectivity index (χ1) is 8.66. The standard InChI is InChI=1S/C10H11F3N2O4/c11-10(12,13)6-1-5(9(17)8(16)4-14)2-7(3-6)15(18)19/h1-3,8-9,16-17H,4,14H2. The van der Waals surface area contributed by atoms with Crippen LogP contribution in [-0.4, -0.2) is 27.8 Å². The zero-order valence-corrected chi connectivity index (χ0v) is 9.46. The number of non-ortho nitro benzene ring substituents is 1. The van der Waals surface area contributed by atoms with Gasteiger partial charge in [-0.25, -0.2) is 0 Å². The van der Waals surface area contributed by atoms with Gasteiger partial charge >= 0.3 is 6.18 Å². The van der Waals surface area contributed by atoms with Gasteiger partial charge in [-0.1, -0.05) is 0 Å². The van der Waals surface area contributed by atoms with Crippen LogP contribution in [0.2, 0.25) is 0 Å². The first-order valence-electron chi connectivity index (χ1n) is 5.09. The Kier molecular flexibility index (Phi) is 4.45. The first kappa shape index (κ1) is 15.3. The third kappa shape index (κ3) is 3.63. The molecule has 1 aromatic carbocycles. The molecule has 2 unspecified atom stereocenters. The van der Waals surface area contributed by atoms with Crippen LogP contribution in [0.4, 0.5) is 18.9 Å². The Labute approximate surface area is 105 Å². The number of rotatable bonds is 4. The molecule has 4 N–H and O–H groups in total. The molecule has 1 rings (SSSR count). The van der Waals surface area contributed by atoms with Crippen LogP contribution in [0.25, 0.3) is 0 Å². The summed E-state index contributed by atoms with van der Waals surface area (Å²) in [5, 5.41) is 29.4. The number of nitrogens with two attached hydrogens (primary N) is 1. The van der Waals surface area contributed by atoms with Crippen molar-refractivity contribution in [2.45, 2.75) is 18.4 Å². The smallest absolute Gasteiger partial charge is 0.389 e. The van der Waals surface area contributed by atoms with E-state index in [2.05, 4.69) is 0 Å². The number of alkyl halides is 3. The molecule has 6 nitrogen and oxygen atoms in total. The van der Waals surface area contributed by atoms with Crippen molar-refractivity contribution in [3.8, 4) is 0 Å². The Bertz CT molecular complexity index is 478. The molecule has 0 aliphatic carbocycles. The molecule has 106 valence electrons. The van der Waals surface area contributed by atoms with Crippen LogP contribution in [0.15, 0.2) is 18.2 Å². The second-order valence-electron chi connectivity index (χ2n) is 3.82. The number of nitro groups is 1. The van der Waals surface area contributed by atoms with Crippen molar-refractivity contribution < 1.29 is 28.3 Å². The van der Waals surface area contributed by atoms with Gasteiger partial charge in [0, 0.05) is 18.7 Å². The zero-order chi connectivity index (χ0) is 14.8. The predicted molar refractivity (Wildman–Crippen MR) is 58.1 cm³/mol. The molecule has 0 aromatic heterocycles. The van der Waals surface area contributed by atoms with E-state index in [1.807, 2.05) is 0 Å². The molecule has 0 fully saturated rings. The molecule has 0 aliphatic heterocycles. The van der Waals surface area contributed by atoms with Crippen LogP contribution < -0.4 is 5.73 Å². The van der Waals surface area contributed by atoms with E-state index in [1.165, 1.54) is 0 Å². The summed E-state index contributed by atoms with van der Waals surface area (Å²) in [5.74, 6) is 0. The van der Waals surface area contributed by atoms with Crippen LogP contribution in [0.5, 0.6) is 0 Å². The van der Waals surface area contributed by atoms with Crippen molar-refractivity contribution in [3.63, 3.8) is 0 Å². The number of aliphatic hydroxyl groups is 2. The molecule has 0 aliphatic rings. The number of nitrogens with zero attached hydrogens (tertiary/aromatic N) is 1. The molecule has 0 radical (unpaired) electrons. The number of aliphatic hydroxyl groups excluding tert-OH is 2. The van der Waals surface area contributed by atoms with E-state index in [0.29, 0.717) is 12.1 Å². The highest BCUT2D eigenvalue weighted by atomic mass is 19.4. The highest BCUT2D eigenvalue weighted by Gasteiger charge is 2.34. The fraction of sp³-hybridized carbons (Fsp3) is 0.400. The minimum Gasteiger partial charge on any atom is -0.389 e. The Hall–Kier alpha value is -1.71. The average molecular weight is 280 g/mol. The number of halogens is 3. The molecule has 0 saturated heterocycles. The zero-order valence-electron chi connectivity index (χ0n) is 9.46. The highest BCUT2D eigenvalue weighted by molar-refractivity contribution is 5.41. The second-order valence-corrected chi connectivity index (χ2v) is 3.82. The second kappa shape index (κ2) is 5.51. The maximum absolute atomic E-state index is 12.6. The quantitative estimate of drug-likeness (QED) is 0.562. The molecular formula is C10H11F3N2O4. The molecule has 19 heavy (non-hydrogen) atoms. The molecule has 0 saturated carbocycles. The van der Waals surface area contributed by atoms with Gasteiger partial charge in [-0.05, 0) is 11.6 Å². The summed E-state index contributed by atoms with van der Waals surface area (Å²) >= 11 is 0. The number of nitro benzene ring substituents is 1. The molecule has 0 bridgehead atoms. The Balaban J connectivity index is 3.32. The maximum atomic E-state index is 12.6. The molecule has 0 heterocycles. The van der Waals surface area contributed by atoms with Crippen LogP contribution >= 0.6 is 0 Å². The van der Waals surface area contributed by atoms with Gasteiger partial charge in [0.2, 0.25) is 0 Å². The van der Waals surface area contributed by atoms with Crippen molar-refractivity contribution in [2.75, 3.05) is 6.54 Å². The third-order valence-corrected chi connectivity index (χ3v) is 2.43. The minimum absolute atomic E-state index is 0.352. The SMILES string of the molecule is NCC(O)C(O)c1cc([N+](=O)[O-])cc(C(F)(F)F)c1. The Morgan fingerprint density at radius 1 is 1.32 bits per heavy atom. The average Bonchev–Trinajstić information content (AvgIpc) is 2.35. The molecule has 0 amide bonds. The summed E-state index contributed by atoms with van der Waals surface area (Å²) < 4.78 is 37.7. The van der Waals surface area contributed by atoms with Gasteiger partial charge in [0.1, 0.15) is 6.10 Å². The largest absolute Gasteiger partial charge is 0.416 e. The summed E-state index contributed by atoms with van der Waals surface area (Å²) in [4.78, 5) is 9.55. The molecule has 9 heteroatoms. The number of hydrogen-bond acceptors (Lipinski definition) is 5. The number of benzene rings is 1. The van der Waals surface area contributed by atoms with Gasteiger partial charge in [-0.3, -0.25) is 10.1 Å². The molecule has 0 spiro atoms. The molecule has 2 atom stereocenters. The van der Waals surface area contributed by atoms with Crippen LogP contribution in [0, 0.1) is 10.1 Å². The van der Waals surface area contributed by atoms with Crippen molar-refractivity contribution in [1.82, 2.24) is 0 Å². The summed E-state index contributed by atoms with van der Waals surface area (Å²) in [6, 6.07) is 1.65. The normalized spacial score (nSPS) is 15.1. The predicted octanol–water partition coefficient (Wildman–Crippen LogP) is 0.967. The van der Waals surface area contributed by atoms with Gasteiger partial charge in [0.25, 0.3) is 5.69 Å². The fourth-order valence-corrected chi connectivity index (χ4v) is 1.43. The van der Waals surface area contributed by atoms with Gasteiger partial charge in [-0.15, -0.1) is 0 Å². The Morgan fingerprint density at radius 3 is 2.32 bits per heavy atom. The van der Waals surface area contributed by atoms with Crippen molar-refractivity contribution in [1.29, 1.82) is 0 Å². The summed E-state index contributed by atoms with van der Waals surface area (Å²) in [7, 11) is 0. The van der Waals surface area contributed by atoms with Gasteiger partial charge in [0.05, 0.1) is 16.6 Å². The topological polar surface area (TPSA) is 110 Å². The highest BCUT2D eigenvalue weighted by Crippen LogP contribution is 2.34. The van der Waals surface area contributed by atoms with Crippen molar-refractivity contribution in [3.05, 3.63) is 39.4 Å². The lowest BCUT2D eigenvalue weighted by Crippen LogP contribution is -2.27. The van der Waals surface area contributed by atoms with E-state index in [0.717, 1.165) is 6.07 Å². The van der Waals surface area contributed by atoms with Gasteiger partial charge < -0.3 is 15.9 Å². The van der Waals surface area contributed by atoms with E-state index in [9.17, 15) is 33.5 Å². The minimum atomic E-state index is -4.80. The van der Waals surface area contributed by atoms with E-state index < -0.39 is 46.7 Å². The summed E-state index contributed by atoms with van der Waals surface area (Å²) in [5.41, 5.74) is 2.55.